The minimum Gasteiger partial charge on any atom is -0.456 e. The zero-order chi connectivity index (χ0) is 42.6. The number of hydrogen-bond donors (Lipinski definition) is 0. The molecule has 0 aliphatic heterocycles. The SMILES string of the molecule is c1ccc(-c2nc(-c3cccc(-n4c5c(-c6cccc7c6sc6ccccc67)cccc5c5c6ccccc6c6ccccc6c54)c3)nc(-c3ccc4c(c3)oc3ccccc34)n2)cc1. The van der Waals surface area contributed by atoms with Crippen LogP contribution in [-0.2, 0) is 0 Å². The van der Waals surface area contributed by atoms with Crippen molar-refractivity contribution in [2.24, 2.45) is 0 Å². The smallest absolute Gasteiger partial charge is 0.164 e. The van der Waals surface area contributed by atoms with E-state index in [0.29, 0.717) is 17.5 Å². The van der Waals surface area contributed by atoms with E-state index in [1.165, 1.54) is 69.1 Å². The molecule has 65 heavy (non-hydrogen) atoms. The van der Waals surface area contributed by atoms with E-state index >= 15 is 0 Å². The minimum atomic E-state index is 0.578. The van der Waals surface area contributed by atoms with Crippen LogP contribution in [0.2, 0.25) is 0 Å². The zero-order valence-electron chi connectivity index (χ0n) is 34.7. The fourth-order valence-electron chi connectivity index (χ4n) is 10.2. The Balaban J connectivity index is 1.05. The second-order valence-corrected chi connectivity index (χ2v) is 17.7. The summed E-state index contributed by atoms with van der Waals surface area (Å²) in [7, 11) is 0. The molecule has 0 saturated carbocycles. The highest BCUT2D eigenvalue weighted by molar-refractivity contribution is 7.26. The van der Waals surface area contributed by atoms with Gasteiger partial charge < -0.3 is 8.98 Å². The number of furan rings is 1. The molecule has 0 spiro atoms. The Hall–Kier alpha value is -8.45. The van der Waals surface area contributed by atoms with Crippen LogP contribution in [0.1, 0.15) is 0 Å². The van der Waals surface area contributed by atoms with Crippen molar-refractivity contribution in [3.05, 3.63) is 206 Å². The Labute approximate surface area is 376 Å². The molecular formula is C59H34N4OS. The van der Waals surface area contributed by atoms with Crippen LogP contribution < -0.4 is 0 Å². The number of para-hydroxylation sites is 2. The summed E-state index contributed by atoms with van der Waals surface area (Å²) in [5, 5.41) is 12.0. The molecular weight excluding hydrogens is 813 g/mol. The number of hydrogen-bond acceptors (Lipinski definition) is 5. The standard InChI is InChI=1S/C59H34N4OS/c1-2-15-35(16-3-1)57-60-58(62-59(61-57)37-31-32-42-41-21-8-10-29-50(41)64-51(42)34-37)36-17-12-18-38(33-36)63-54-46(48-27-14-26-47-43-22-9-11-30-52(43)65-56(47)48)25-13-28-49(54)53-44-23-6-4-19-39(44)40-20-5-7-24-45(40)55(53)63/h1-34H. The van der Waals surface area contributed by atoms with Gasteiger partial charge in [0.15, 0.2) is 17.5 Å². The van der Waals surface area contributed by atoms with Gasteiger partial charge in [0.1, 0.15) is 11.2 Å². The molecule has 0 radical (unpaired) electrons. The molecule has 0 N–H and O–H groups in total. The molecule has 0 aliphatic carbocycles. The van der Waals surface area contributed by atoms with Crippen LogP contribution in [0.4, 0.5) is 0 Å². The van der Waals surface area contributed by atoms with Gasteiger partial charge >= 0.3 is 0 Å². The van der Waals surface area contributed by atoms with E-state index in [9.17, 15) is 0 Å². The van der Waals surface area contributed by atoms with Crippen LogP contribution >= 0.6 is 11.3 Å². The lowest BCUT2D eigenvalue weighted by atomic mass is 9.95. The van der Waals surface area contributed by atoms with Crippen molar-refractivity contribution >= 4 is 96.8 Å². The van der Waals surface area contributed by atoms with Crippen LogP contribution in [0.15, 0.2) is 211 Å². The molecule has 4 heterocycles. The molecule has 0 atom stereocenters. The number of benzene rings is 10. The minimum absolute atomic E-state index is 0.578. The third-order valence-electron chi connectivity index (χ3n) is 13.0. The molecule has 14 aromatic rings. The molecule has 0 unspecified atom stereocenters. The Bertz CT molecular complexity index is 4260. The zero-order valence-corrected chi connectivity index (χ0v) is 35.6. The van der Waals surface area contributed by atoms with E-state index in [1.807, 2.05) is 65.9 Å². The maximum atomic E-state index is 6.34. The fourth-order valence-corrected chi connectivity index (χ4v) is 11.4. The maximum absolute atomic E-state index is 6.34. The number of nitrogens with zero attached hydrogens (tertiary/aromatic N) is 4. The third-order valence-corrected chi connectivity index (χ3v) is 14.2. The first-order chi connectivity index (χ1) is 32.2. The monoisotopic (exact) mass is 846 g/mol. The molecule has 0 amide bonds. The molecule has 4 aromatic heterocycles. The van der Waals surface area contributed by atoms with Crippen LogP contribution in [0, 0.1) is 0 Å². The lowest BCUT2D eigenvalue weighted by Crippen LogP contribution is -2.01. The summed E-state index contributed by atoms with van der Waals surface area (Å²) in [4.78, 5) is 15.5. The largest absolute Gasteiger partial charge is 0.456 e. The maximum Gasteiger partial charge on any atom is 0.164 e. The van der Waals surface area contributed by atoms with E-state index in [-0.39, 0.29) is 0 Å². The van der Waals surface area contributed by atoms with Gasteiger partial charge in [-0.15, -0.1) is 11.3 Å². The van der Waals surface area contributed by atoms with Gasteiger partial charge in [-0.3, -0.25) is 0 Å². The van der Waals surface area contributed by atoms with Crippen LogP contribution in [0.3, 0.4) is 0 Å². The predicted octanol–water partition coefficient (Wildman–Crippen LogP) is 16.2. The van der Waals surface area contributed by atoms with Crippen molar-refractivity contribution in [3.8, 4) is 51.0 Å². The van der Waals surface area contributed by atoms with Crippen LogP contribution in [-0.4, -0.2) is 19.5 Å². The quantitative estimate of drug-likeness (QED) is 0.162. The lowest BCUT2D eigenvalue weighted by molar-refractivity contribution is 0.669. The summed E-state index contributed by atoms with van der Waals surface area (Å²) in [5.74, 6) is 1.77. The summed E-state index contributed by atoms with van der Waals surface area (Å²) < 4.78 is 11.4. The van der Waals surface area contributed by atoms with Crippen molar-refractivity contribution in [2.75, 3.05) is 0 Å². The first kappa shape index (κ1) is 36.1. The van der Waals surface area contributed by atoms with Crippen LogP contribution in [0.25, 0.3) is 136 Å². The molecule has 0 bridgehead atoms. The summed E-state index contributed by atoms with van der Waals surface area (Å²) in [6.07, 6.45) is 0. The first-order valence-corrected chi connectivity index (χ1v) is 22.7. The number of rotatable bonds is 5. The van der Waals surface area contributed by atoms with Crippen molar-refractivity contribution in [3.63, 3.8) is 0 Å². The van der Waals surface area contributed by atoms with Crippen molar-refractivity contribution < 1.29 is 4.42 Å². The van der Waals surface area contributed by atoms with Gasteiger partial charge in [-0.25, -0.2) is 15.0 Å². The van der Waals surface area contributed by atoms with Gasteiger partial charge in [0, 0.05) is 80.6 Å². The molecule has 6 heteroatoms. The van der Waals surface area contributed by atoms with E-state index < -0.39 is 0 Å². The molecule has 10 aromatic carbocycles. The van der Waals surface area contributed by atoms with Gasteiger partial charge in [-0.05, 0) is 52.6 Å². The highest BCUT2D eigenvalue weighted by atomic mass is 32.1. The normalized spacial score (nSPS) is 12.0. The van der Waals surface area contributed by atoms with E-state index in [4.69, 9.17) is 19.4 Å². The highest BCUT2D eigenvalue weighted by Gasteiger charge is 2.24. The summed E-state index contributed by atoms with van der Waals surface area (Å²) >= 11 is 1.87. The van der Waals surface area contributed by atoms with Gasteiger partial charge in [-0.2, -0.15) is 0 Å². The van der Waals surface area contributed by atoms with Gasteiger partial charge in [-0.1, -0.05) is 170 Å². The van der Waals surface area contributed by atoms with Gasteiger partial charge in [0.25, 0.3) is 0 Å². The van der Waals surface area contributed by atoms with Crippen molar-refractivity contribution in [2.45, 2.75) is 0 Å². The Kier molecular flexibility index (Phi) is 7.79. The predicted molar refractivity (Wildman–Crippen MR) is 271 cm³/mol. The second kappa shape index (κ2) is 14.0. The van der Waals surface area contributed by atoms with Gasteiger partial charge in [0.2, 0.25) is 0 Å². The van der Waals surface area contributed by atoms with E-state index in [1.54, 1.807) is 0 Å². The summed E-state index contributed by atoms with van der Waals surface area (Å²) in [6, 6.07) is 73.3. The Morgan fingerprint density at radius 1 is 0.354 bits per heavy atom. The number of fused-ring (bicyclic) bond motifs is 14. The van der Waals surface area contributed by atoms with E-state index in [2.05, 4.69) is 156 Å². The summed E-state index contributed by atoms with van der Waals surface area (Å²) in [5.41, 5.74) is 10.1. The molecule has 0 saturated heterocycles. The van der Waals surface area contributed by atoms with Crippen molar-refractivity contribution in [1.29, 1.82) is 0 Å². The average molecular weight is 847 g/mol. The molecule has 0 aliphatic rings. The summed E-state index contributed by atoms with van der Waals surface area (Å²) in [6.45, 7) is 0. The first-order valence-electron chi connectivity index (χ1n) is 21.8. The fraction of sp³-hybridized carbons (Fsp3) is 0. The Morgan fingerprint density at radius 2 is 0.923 bits per heavy atom. The Morgan fingerprint density at radius 3 is 1.74 bits per heavy atom. The van der Waals surface area contributed by atoms with E-state index in [0.717, 1.165) is 49.8 Å². The molecule has 302 valence electrons. The average Bonchev–Trinajstić information content (AvgIpc) is 4.07. The van der Waals surface area contributed by atoms with Gasteiger partial charge in [0.05, 0.1) is 11.0 Å². The number of aromatic nitrogens is 4. The third kappa shape index (κ3) is 5.48. The molecule has 5 nitrogen and oxygen atoms in total. The molecule has 14 rings (SSSR count). The highest BCUT2D eigenvalue weighted by Crippen LogP contribution is 2.48. The molecule has 0 fully saturated rings. The number of thiophene rings is 1. The van der Waals surface area contributed by atoms with Crippen molar-refractivity contribution in [1.82, 2.24) is 19.5 Å². The second-order valence-electron chi connectivity index (χ2n) is 16.7. The topological polar surface area (TPSA) is 56.7 Å². The lowest BCUT2D eigenvalue weighted by Gasteiger charge is -2.15. The van der Waals surface area contributed by atoms with Crippen LogP contribution in [0.5, 0.6) is 0 Å².